The van der Waals surface area contributed by atoms with Crippen LogP contribution in [0.5, 0.6) is 0 Å². The molecule has 1 N–H and O–H groups in total. The normalized spacial score (nSPS) is 24.6. The summed E-state index contributed by atoms with van der Waals surface area (Å²) in [6.07, 6.45) is 1.08. The summed E-state index contributed by atoms with van der Waals surface area (Å²) >= 11 is 1.71. The molecule has 1 atom stereocenters. The number of morpholine rings is 1. The summed E-state index contributed by atoms with van der Waals surface area (Å²) in [5, 5.41) is 3.18. The van der Waals surface area contributed by atoms with Crippen molar-refractivity contribution in [3.63, 3.8) is 0 Å². The molecule has 2 fully saturated rings. The summed E-state index contributed by atoms with van der Waals surface area (Å²) < 4.78 is 5.52. The maximum Gasteiger partial charge on any atom is 0.230 e. The van der Waals surface area contributed by atoms with E-state index in [0.29, 0.717) is 11.8 Å². The fourth-order valence-corrected chi connectivity index (χ4v) is 3.46. The van der Waals surface area contributed by atoms with Crippen LogP contribution in [0, 0.1) is 0 Å². The second-order valence-corrected chi connectivity index (χ2v) is 9.01. The lowest BCUT2D eigenvalue weighted by atomic mass is 10.2. The Bertz CT molecular complexity index is 354. The monoisotopic (exact) mass is 329 g/mol. The number of carbonyl (C=O) groups excluding carboxylic acids is 1. The van der Waals surface area contributed by atoms with Gasteiger partial charge in [-0.25, -0.2) is 0 Å². The largest absolute Gasteiger partial charge is 0.379 e. The van der Waals surface area contributed by atoms with Gasteiger partial charge in [0.25, 0.3) is 0 Å². The predicted molar refractivity (Wildman–Crippen MR) is 92.5 cm³/mol. The van der Waals surface area contributed by atoms with E-state index in [2.05, 4.69) is 35.9 Å². The van der Waals surface area contributed by atoms with Gasteiger partial charge in [-0.3, -0.25) is 14.6 Å². The number of nitrogens with one attached hydrogen (secondary N) is 1. The second-order valence-electron chi connectivity index (χ2n) is 7.21. The van der Waals surface area contributed by atoms with Gasteiger partial charge >= 0.3 is 0 Å². The number of ether oxygens (including phenoxy) is 1. The van der Waals surface area contributed by atoms with Crippen LogP contribution in [0.25, 0.3) is 0 Å². The summed E-state index contributed by atoms with van der Waals surface area (Å²) in [6.45, 7) is 14.6. The van der Waals surface area contributed by atoms with Crippen molar-refractivity contribution in [1.29, 1.82) is 0 Å². The van der Waals surface area contributed by atoms with Crippen LogP contribution >= 0.6 is 11.8 Å². The topological polar surface area (TPSA) is 44.8 Å². The average molecular weight is 330 g/mol. The SMILES string of the molecule is CC(C)(C)SCC(=O)N[C@H]1CCN(CCN2CCOCC2)C1. The van der Waals surface area contributed by atoms with Crippen LogP contribution < -0.4 is 5.32 Å². The molecule has 2 aliphatic heterocycles. The van der Waals surface area contributed by atoms with Crippen molar-refractivity contribution in [2.24, 2.45) is 0 Å². The Labute approximate surface area is 139 Å². The molecule has 0 saturated carbocycles. The fraction of sp³-hybridized carbons (Fsp3) is 0.938. The Morgan fingerprint density at radius 3 is 2.55 bits per heavy atom. The highest BCUT2D eigenvalue weighted by Gasteiger charge is 2.24. The molecule has 22 heavy (non-hydrogen) atoms. The van der Waals surface area contributed by atoms with Gasteiger partial charge in [-0.2, -0.15) is 0 Å². The molecule has 0 aromatic heterocycles. The number of hydrogen-bond acceptors (Lipinski definition) is 5. The average Bonchev–Trinajstić information content (AvgIpc) is 2.91. The summed E-state index contributed by atoms with van der Waals surface area (Å²) in [5.41, 5.74) is 0. The molecule has 0 aromatic carbocycles. The van der Waals surface area contributed by atoms with E-state index in [4.69, 9.17) is 4.74 Å². The van der Waals surface area contributed by atoms with Gasteiger partial charge in [-0.15, -0.1) is 11.8 Å². The number of likely N-dealkylation sites (tertiary alicyclic amines) is 1. The van der Waals surface area contributed by atoms with Crippen LogP contribution in [-0.2, 0) is 9.53 Å². The van der Waals surface area contributed by atoms with Crippen molar-refractivity contribution in [2.75, 3.05) is 58.2 Å². The van der Waals surface area contributed by atoms with Crippen molar-refractivity contribution in [1.82, 2.24) is 15.1 Å². The molecule has 128 valence electrons. The molecule has 5 nitrogen and oxygen atoms in total. The van der Waals surface area contributed by atoms with E-state index in [0.717, 1.165) is 58.9 Å². The fourth-order valence-electron chi connectivity index (χ4n) is 2.81. The maximum atomic E-state index is 12.0. The van der Waals surface area contributed by atoms with Gasteiger partial charge < -0.3 is 10.1 Å². The van der Waals surface area contributed by atoms with Gasteiger partial charge in [0.2, 0.25) is 5.91 Å². The van der Waals surface area contributed by atoms with Crippen molar-refractivity contribution in [3.05, 3.63) is 0 Å². The highest BCUT2D eigenvalue weighted by atomic mass is 32.2. The van der Waals surface area contributed by atoms with Gasteiger partial charge in [-0.1, -0.05) is 20.8 Å². The third-order valence-corrected chi connectivity index (χ3v) is 5.38. The first-order chi connectivity index (χ1) is 10.4. The summed E-state index contributed by atoms with van der Waals surface area (Å²) in [5.74, 6) is 0.744. The number of amides is 1. The molecule has 0 spiro atoms. The third-order valence-electron chi connectivity index (χ3n) is 4.11. The van der Waals surface area contributed by atoms with Crippen molar-refractivity contribution >= 4 is 17.7 Å². The standard InChI is InChI=1S/C16H31N3O2S/c1-16(2,3)22-13-15(20)17-14-4-5-19(12-14)7-6-18-8-10-21-11-9-18/h14H,4-13H2,1-3H3,(H,17,20)/t14-/m0/s1. The van der Waals surface area contributed by atoms with Crippen LogP contribution in [0.4, 0.5) is 0 Å². The van der Waals surface area contributed by atoms with E-state index in [1.807, 2.05) is 0 Å². The quantitative estimate of drug-likeness (QED) is 0.789. The Kier molecular flexibility index (Phi) is 6.99. The number of thioether (sulfide) groups is 1. The lowest BCUT2D eigenvalue weighted by molar-refractivity contribution is -0.119. The molecule has 0 unspecified atom stereocenters. The first-order valence-corrected chi connectivity index (χ1v) is 9.37. The van der Waals surface area contributed by atoms with Crippen molar-refractivity contribution in [3.8, 4) is 0 Å². The van der Waals surface area contributed by atoms with Crippen molar-refractivity contribution in [2.45, 2.75) is 38.0 Å². The van der Waals surface area contributed by atoms with Crippen LogP contribution in [0.2, 0.25) is 0 Å². The lowest BCUT2D eigenvalue weighted by Crippen LogP contribution is -2.42. The Balaban J connectivity index is 1.59. The Morgan fingerprint density at radius 1 is 1.18 bits per heavy atom. The predicted octanol–water partition coefficient (Wildman–Crippen LogP) is 1.04. The zero-order chi connectivity index (χ0) is 16.0. The van der Waals surface area contributed by atoms with E-state index in [9.17, 15) is 4.79 Å². The van der Waals surface area contributed by atoms with Gasteiger partial charge in [0.15, 0.2) is 0 Å². The van der Waals surface area contributed by atoms with E-state index >= 15 is 0 Å². The van der Waals surface area contributed by atoms with E-state index < -0.39 is 0 Å². The molecule has 1 amide bonds. The van der Waals surface area contributed by atoms with Gasteiger partial charge in [0.1, 0.15) is 0 Å². The van der Waals surface area contributed by atoms with Gasteiger partial charge in [0.05, 0.1) is 19.0 Å². The van der Waals surface area contributed by atoms with E-state index in [1.165, 1.54) is 0 Å². The van der Waals surface area contributed by atoms with E-state index in [-0.39, 0.29) is 10.7 Å². The molecule has 0 aliphatic carbocycles. The van der Waals surface area contributed by atoms with Crippen molar-refractivity contribution < 1.29 is 9.53 Å². The molecule has 2 heterocycles. The molecule has 0 radical (unpaired) electrons. The molecular weight excluding hydrogens is 298 g/mol. The third kappa shape index (κ3) is 6.86. The molecule has 0 bridgehead atoms. The highest BCUT2D eigenvalue weighted by molar-refractivity contribution is 8.01. The van der Waals surface area contributed by atoms with Gasteiger partial charge in [0, 0.05) is 50.1 Å². The number of hydrogen-bond donors (Lipinski definition) is 1. The minimum Gasteiger partial charge on any atom is -0.379 e. The summed E-state index contributed by atoms with van der Waals surface area (Å²) in [7, 11) is 0. The molecule has 2 saturated heterocycles. The minimum absolute atomic E-state index is 0.150. The first-order valence-electron chi connectivity index (χ1n) is 8.38. The van der Waals surface area contributed by atoms with Crippen LogP contribution in [0.3, 0.4) is 0 Å². The van der Waals surface area contributed by atoms with Crippen LogP contribution in [0.15, 0.2) is 0 Å². The summed E-state index contributed by atoms with van der Waals surface area (Å²) in [4.78, 5) is 16.9. The smallest absolute Gasteiger partial charge is 0.230 e. The zero-order valence-corrected chi connectivity index (χ0v) is 15.1. The maximum absolute atomic E-state index is 12.0. The van der Waals surface area contributed by atoms with Gasteiger partial charge in [-0.05, 0) is 6.42 Å². The molecule has 2 aliphatic rings. The summed E-state index contributed by atoms with van der Waals surface area (Å²) in [6, 6.07) is 0.331. The number of carbonyl (C=O) groups is 1. The Hall–Kier alpha value is -0.300. The van der Waals surface area contributed by atoms with Crippen LogP contribution in [0.1, 0.15) is 27.2 Å². The number of rotatable bonds is 6. The van der Waals surface area contributed by atoms with E-state index in [1.54, 1.807) is 11.8 Å². The Morgan fingerprint density at radius 2 is 1.86 bits per heavy atom. The minimum atomic E-state index is 0.150. The second kappa shape index (κ2) is 8.52. The van der Waals surface area contributed by atoms with Crippen LogP contribution in [-0.4, -0.2) is 84.7 Å². The number of nitrogens with zero attached hydrogens (tertiary/aromatic N) is 2. The molecule has 2 rings (SSSR count). The molecule has 0 aromatic rings. The zero-order valence-electron chi connectivity index (χ0n) is 14.3. The lowest BCUT2D eigenvalue weighted by Gasteiger charge is -2.28. The molecular formula is C16H31N3O2S. The first kappa shape index (κ1) is 18.0. The highest BCUT2D eigenvalue weighted by Crippen LogP contribution is 2.22. The molecule has 6 heteroatoms.